The van der Waals surface area contributed by atoms with Crippen LogP contribution in [-0.4, -0.2) is 29.3 Å². The molecule has 8 nitrogen and oxygen atoms in total. The van der Waals surface area contributed by atoms with Crippen LogP contribution in [0.1, 0.15) is 63.9 Å². The Balaban J connectivity index is 1.43. The van der Waals surface area contributed by atoms with Gasteiger partial charge in [0.1, 0.15) is 5.02 Å². The van der Waals surface area contributed by atoms with Crippen LogP contribution in [0.25, 0.3) is 0 Å². The van der Waals surface area contributed by atoms with Crippen LogP contribution in [0.4, 0.5) is 17.1 Å². The fourth-order valence-electron chi connectivity index (χ4n) is 5.28. The first kappa shape index (κ1) is 25.7. The Morgan fingerprint density at radius 3 is 2.47 bits per heavy atom. The number of halogens is 1. The molecule has 0 saturated heterocycles. The van der Waals surface area contributed by atoms with Crippen LogP contribution in [0.3, 0.4) is 0 Å². The van der Waals surface area contributed by atoms with E-state index >= 15 is 0 Å². The molecular weight excluding hydrogens is 504 g/mol. The van der Waals surface area contributed by atoms with E-state index in [-0.39, 0.29) is 28.2 Å². The molecule has 0 spiro atoms. The summed E-state index contributed by atoms with van der Waals surface area (Å²) < 4.78 is 0. The molecule has 1 aliphatic heterocycles. The predicted octanol–water partition coefficient (Wildman–Crippen LogP) is 6.13. The van der Waals surface area contributed by atoms with Crippen molar-refractivity contribution in [2.24, 2.45) is 0 Å². The van der Waals surface area contributed by atoms with Gasteiger partial charge in [0.15, 0.2) is 0 Å². The molecule has 0 atom stereocenters. The lowest BCUT2D eigenvalue weighted by Gasteiger charge is -2.32. The van der Waals surface area contributed by atoms with Gasteiger partial charge in [-0.15, -0.1) is 0 Å². The number of nitro benzene ring substituents is 1. The highest BCUT2D eigenvalue weighted by atomic mass is 35.5. The molecule has 0 aromatic heterocycles. The van der Waals surface area contributed by atoms with E-state index in [9.17, 15) is 19.7 Å². The van der Waals surface area contributed by atoms with Gasteiger partial charge < -0.3 is 15.5 Å². The Labute approximate surface area is 226 Å². The molecule has 0 bridgehead atoms. The molecular formula is C29H29ClN4O4. The average molecular weight is 533 g/mol. The topological polar surface area (TPSA) is 105 Å². The number of nitrogens with zero attached hydrogens (tertiary/aromatic N) is 2. The number of fused-ring (bicyclic) bond motifs is 1. The van der Waals surface area contributed by atoms with Gasteiger partial charge in [-0.25, -0.2) is 0 Å². The lowest BCUT2D eigenvalue weighted by Crippen LogP contribution is -2.38. The average Bonchev–Trinajstić information content (AvgIpc) is 2.93. The van der Waals surface area contributed by atoms with Gasteiger partial charge in [-0.3, -0.25) is 19.7 Å². The van der Waals surface area contributed by atoms with Crippen molar-refractivity contribution in [3.05, 3.63) is 98.1 Å². The van der Waals surface area contributed by atoms with Crippen molar-refractivity contribution in [1.29, 1.82) is 0 Å². The number of hydrogen-bond donors (Lipinski definition) is 2. The van der Waals surface area contributed by atoms with Gasteiger partial charge in [-0.2, -0.15) is 0 Å². The number of anilines is 2. The first-order valence-corrected chi connectivity index (χ1v) is 13.3. The number of carbonyl (C=O) groups excluding carboxylic acids is 2. The van der Waals surface area contributed by atoms with E-state index in [4.69, 9.17) is 11.6 Å². The first-order chi connectivity index (χ1) is 18.4. The third-order valence-corrected chi connectivity index (χ3v) is 7.64. The normalized spacial score (nSPS) is 15.4. The summed E-state index contributed by atoms with van der Waals surface area (Å²) >= 11 is 5.89. The van der Waals surface area contributed by atoms with E-state index in [0.717, 1.165) is 50.4 Å². The summed E-state index contributed by atoms with van der Waals surface area (Å²) in [5.74, 6) is -0.688. The van der Waals surface area contributed by atoms with Gasteiger partial charge in [0, 0.05) is 42.1 Å². The minimum absolute atomic E-state index is 0.0410. The quantitative estimate of drug-likeness (QED) is 0.294. The van der Waals surface area contributed by atoms with E-state index in [1.807, 2.05) is 18.2 Å². The summed E-state index contributed by atoms with van der Waals surface area (Å²) in [6, 6.07) is 17.7. The second kappa shape index (κ2) is 11.2. The Hall–Kier alpha value is -3.91. The van der Waals surface area contributed by atoms with Gasteiger partial charge >= 0.3 is 0 Å². The maximum absolute atomic E-state index is 13.5. The number of hydrogen-bond acceptors (Lipinski definition) is 5. The highest BCUT2D eigenvalue weighted by molar-refractivity contribution is 6.32. The molecule has 0 radical (unpaired) electrons. The van der Waals surface area contributed by atoms with Crippen molar-refractivity contribution >= 4 is 40.5 Å². The van der Waals surface area contributed by atoms with Crippen molar-refractivity contribution in [2.75, 3.05) is 16.8 Å². The van der Waals surface area contributed by atoms with Gasteiger partial charge in [0.05, 0.1) is 10.5 Å². The molecule has 0 unspecified atom stereocenters. The molecule has 5 rings (SSSR count). The second-order valence-electron chi connectivity index (χ2n) is 9.86. The lowest BCUT2D eigenvalue weighted by atomic mass is 9.95. The molecule has 2 aliphatic rings. The van der Waals surface area contributed by atoms with Crippen LogP contribution in [0.2, 0.25) is 5.02 Å². The molecule has 38 heavy (non-hydrogen) atoms. The maximum atomic E-state index is 13.5. The minimum Gasteiger partial charge on any atom is -0.366 e. The summed E-state index contributed by atoms with van der Waals surface area (Å²) in [4.78, 5) is 39.3. The molecule has 1 heterocycles. The van der Waals surface area contributed by atoms with E-state index in [2.05, 4.69) is 27.7 Å². The van der Waals surface area contributed by atoms with Crippen LogP contribution in [-0.2, 0) is 13.0 Å². The van der Waals surface area contributed by atoms with Crippen molar-refractivity contribution in [1.82, 2.24) is 5.32 Å². The number of amides is 2. The number of rotatable bonds is 6. The van der Waals surface area contributed by atoms with Crippen molar-refractivity contribution < 1.29 is 14.5 Å². The zero-order valence-corrected chi connectivity index (χ0v) is 21.7. The lowest BCUT2D eigenvalue weighted by molar-refractivity contribution is -0.384. The van der Waals surface area contributed by atoms with Crippen LogP contribution in [0, 0.1) is 10.1 Å². The monoisotopic (exact) mass is 532 g/mol. The summed E-state index contributed by atoms with van der Waals surface area (Å²) in [7, 11) is 0. The molecule has 196 valence electrons. The molecule has 2 N–H and O–H groups in total. The zero-order valence-electron chi connectivity index (χ0n) is 20.9. The Kier molecular flexibility index (Phi) is 7.60. The van der Waals surface area contributed by atoms with E-state index in [0.29, 0.717) is 17.8 Å². The summed E-state index contributed by atoms with van der Waals surface area (Å²) in [6.45, 7) is 1.47. The Morgan fingerprint density at radius 1 is 0.947 bits per heavy atom. The van der Waals surface area contributed by atoms with Crippen LogP contribution in [0.15, 0.2) is 60.7 Å². The molecule has 9 heteroatoms. The van der Waals surface area contributed by atoms with E-state index in [1.165, 1.54) is 29.7 Å². The number of carbonyl (C=O) groups is 2. The van der Waals surface area contributed by atoms with E-state index in [1.54, 1.807) is 12.1 Å². The van der Waals surface area contributed by atoms with Gasteiger partial charge in [0.2, 0.25) is 0 Å². The van der Waals surface area contributed by atoms with Crippen LogP contribution >= 0.6 is 11.6 Å². The van der Waals surface area contributed by atoms with Crippen molar-refractivity contribution in [3.63, 3.8) is 0 Å². The summed E-state index contributed by atoms with van der Waals surface area (Å²) in [5.41, 5.74) is 4.06. The summed E-state index contributed by atoms with van der Waals surface area (Å²) in [6.07, 6.45) is 6.20. The van der Waals surface area contributed by atoms with E-state index < -0.39 is 10.8 Å². The largest absolute Gasteiger partial charge is 0.366 e. The number of benzene rings is 3. The van der Waals surface area contributed by atoms with Crippen molar-refractivity contribution in [3.8, 4) is 0 Å². The van der Waals surface area contributed by atoms with Gasteiger partial charge in [0.25, 0.3) is 17.5 Å². The molecule has 3 aromatic carbocycles. The van der Waals surface area contributed by atoms with Gasteiger partial charge in [-0.1, -0.05) is 55.1 Å². The Morgan fingerprint density at radius 2 is 1.71 bits per heavy atom. The second-order valence-corrected chi connectivity index (χ2v) is 10.3. The van der Waals surface area contributed by atoms with Crippen LogP contribution < -0.4 is 15.5 Å². The minimum atomic E-state index is -0.627. The number of nitro groups is 1. The third-order valence-electron chi connectivity index (χ3n) is 7.32. The molecule has 1 aliphatic carbocycles. The Bertz CT molecular complexity index is 1390. The highest BCUT2D eigenvalue weighted by Gasteiger charge is 2.24. The summed E-state index contributed by atoms with van der Waals surface area (Å²) in [5, 5.41) is 17.2. The number of nitrogens with one attached hydrogen (secondary N) is 2. The third kappa shape index (κ3) is 5.65. The SMILES string of the molecule is O=C(Nc1ccc(N2CCc3ccccc3C2)c(C(=O)NC2CCCCC2)c1)c1ccc(Cl)c([N+](=O)[O-])c1. The zero-order chi connectivity index (χ0) is 26.6. The highest BCUT2D eigenvalue weighted by Crippen LogP contribution is 2.31. The van der Waals surface area contributed by atoms with Crippen molar-refractivity contribution in [2.45, 2.75) is 51.1 Å². The molecule has 1 fully saturated rings. The fraction of sp³-hybridized carbons (Fsp3) is 0.310. The molecule has 2 amide bonds. The predicted molar refractivity (Wildman–Crippen MR) is 148 cm³/mol. The van der Waals surface area contributed by atoms with Gasteiger partial charge in [-0.05, 0) is 60.7 Å². The van der Waals surface area contributed by atoms with Crippen LogP contribution in [0.5, 0.6) is 0 Å². The molecule has 3 aromatic rings. The maximum Gasteiger partial charge on any atom is 0.288 e. The standard InChI is InChI=1S/C29H29ClN4O4/c30-25-12-10-20(16-27(25)34(37)38)28(35)32-23-11-13-26(33-15-14-19-6-4-5-7-21(19)18-33)24(17-23)29(36)31-22-8-2-1-3-9-22/h4-7,10-13,16-17,22H,1-3,8-9,14-15,18H2,(H,31,36)(H,32,35). The molecule has 1 saturated carbocycles. The smallest absolute Gasteiger partial charge is 0.288 e. The first-order valence-electron chi connectivity index (χ1n) is 12.9. The fourth-order valence-corrected chi connectivity index (χ4v) is 5.47.